The van der Waals surface area contributed by atoms with Gasteiger partial charge in [-0.2, -0.15) is 0 Å². The van der Waals surface area contributed by atoms with Crippen LogP contribution in [0.25, 0.3) is 0 Å². The molecule has 0 aromatic heterocycles. The third kappa shape index (κ3) is 9.39. The Morgan fingerprint density at radius 3 is 2.67 bits per heavy atom. The van der Waals surface area contributed by atoms with E-state index in [4.69, 9.17) is 9.47 Å². The molecule has 0 bridgehead atoms. The molecule has 4 nitrogen and oxygen atoms in total. The number of nitrogens with one attached hydrogen (secondary N) is 1. The number of hydrogen-bond acceptors (Lipinski definition) is 3. The molecule has 0 aromatic rings. The van der Waals surface area contributed by atoms with Gasteiger partial charge in [0.15, 0.2) is 0 Å². The Morgan fingerprint density at radius 1 is 1.33 bits per heavy atom. The molecule has 0 saturated heterocycles. The molecule has 0 unspecified atom stereocenters. The molecule has 0 aromatic carbocycles. The van der Waals surface area contributed by atoms with Gasteiger partial charge in [0.25, 0.3) is 0 Å². The van der Waals surface area contributed by atoms with Gasteiger partial charge in [0, 0.05) is 33.8 Å². The molecule has 0 rings (SSSR count). The largest absolute Gasteiger partial charge is 0.385 e. The molecule has 0 aliphatic carbocycles. The highest BCUT2D eigenvalue weighted by atomic mass is 16.5. The number of carbonyl (C=O) groups excluding carboxylic acids is 1. The summed E-state index contributed by atoms with van der Waals surface area (Å²) in [5.41, 5.74) is 0. The van der Waals surface area contributed by atoms with E-state index in [2.05, 4.69) is 5.32 Å². The highest BCUT2D eigenvalue weighted by molar-refractivity contribution is 5.72. The maximum absolute atomic E-state index is 10.4. The van der Waals surface area contributed by atoms with Crippen molar-refractivity contribution in [2.45, 2.75) is 13.3 Å². The summed E-state index contributed by atoms with van der Waals surface area (Å²) < 4.78 is 10.0. The van der Waals surface area contributed by atoms with Gasteiger partial charge in [-0.3, -0.25) is 4.79 Å². The minimum atomic E-state index is -0.0181. The lowest BCUT2D eigenvalue weighted by atomic mass is 10.5. The Balaban J connectivity index is 2.86. The Morgan fingerprint density at radius 2 is 2.08 bits per heavy atom. The predicted molar refractivity (Wildman–Crippen MR) is 46.0 cm³/mol. The first-order valence-corrected chi connectivity index (χ1v) is 4.08. The average Bonchev–Trinajstić information content (AvgIpc) is 2.02. The summed E-state index contributed by atoms with van der Waals surface area (Å²) in [6.45, 7) is 4.06. The standard InChI is InChI=1S/C8H17NO3/c1-8(10)9-4-7-12-6-3-5-11-2/h3-7H2,1-2H3,(H,9,10). The van der Waals surface area contributed by atoms with Gasteiger partial charge >= 0.3 is 0 Å². The summed E-state index contributed by atoms with van der Waals surface area (Å²) in [4.78, 5) is 10.4. The lowest BCUT2D eigenvalue weighted by molar-refractivity contribution is -0.119. The number of hydrogen-bond donors (Lipinski definition) is 1. The van der Waals surface area contributed by atoms with Crippen molar-refractivity contribution in [3.8, 4) is 0 Å². The van der Waals surface area contributed by atoms with Crippen molar-refractivity contribution in [1.82, 2.24) is 5.32 Å². The van der Waals surface area contributed by atoms with Crippen LogP contribution in [0.3, 0.4) is 0 Å². The van der Waals surface area contributed by atoms with Crippen LogP contribution in [0.2, 0.25) is 0 Å². The van der Waals surface area contributed by atoms with Crippen molar-refractivity contribution in [3.05, 3.63) is 0 Å². The third-order valence-electron chi connectivity index (χ3n) is 1.26. The minimum Gasteiger partial charge on any atom is -0.385 e. The van der Waals surface area contributed by atoms with E-state index in [0.717, 1.165) is 13.0 Å². The van der Waals surface area contributed by atoms with Gasteiger partial charge in [-0.25, -0.2) is 0 Å². The molecule has 0 saturated carbocycles. The highest BCUT2D eigenvalue weighted by Gasteiger charge is 1.90. The molecule has 1 amide bonds. The van der Waals surface area contributed by atoms with Gasteiger partial charge in [-0.15, -0.1) is 0 Å². The van der Waals surface area contributed by atoms with E-state index in [1.54, 1.807) is 7.11 Å². The van der Waals surface area contributed by atoms with Gasteiger partial charge < -0.3 is 14.8 Å². The zero-order valence-corrected chi connectivity index (χ0v) is 7.76. The summed E-state index contributed by atoms with van der Waals surface area (Å²) in [6.07, 6.45) is 0.899. The average molecular weight is 175 g/mol. The van der Waals surface area contributed by atoms with E-state index in [9.17, 15) is 4.79 Å². The van der Waals surface area contributed by atoms with Gasteiger partial charge in [0.2, 0.25) is 5.91 Å². The van der Waals surface area contributed by atoms with Gasteiger partial charge in [-0.1, -0.05) is 0 Å². The molecule has 0 heterocycles. The van der Waals surface area contributed by atoms with E-state index < -0.39 is 0 Å². The second-order valence-electron chi connectivity index (χ2n) is 2.44. The van der Waals surface area contributed by atoms with E-state index >= 15 is 0 Å². The van der Waals surface area contributed by atoms with Gasteiger partial charge in [0.1, 0.15) is 0 Å². The number of ether oxygens (including phenoxy) is 2. The Kier molecular flexibility index (Phi) is 8.05. The molecule has 72 valence electrons. The fraction of sp³-hybridized carbons (Fsp3) is 0.875. The minimum absolute atomic E-state index is 0.0181. The van der Waals surface area contributed by atoms with Crippen LogP contribution in [0.1, 0.15) is 13.3 Å². The van der Waals surface area contributed by atoms with E-state index in [0.29, 0.717) is 19.8 Å². The first kappa shape index (κ1) is 11.4. The predicted octanol–water partition coefficient (Wildman–Crippen LogP) is 0.176. The number of rotatable bonds is 7. The van der Waals surface area contributed by atoms with E-state index in [1.165, 1.54) is 6.92 Å². The Hall–Kier alpha value is -0.610. The molecule has 0 atom stereocenters. The fourth-order valence-corrected chi connectivity index (χ4v) is 0.707. The summed E-state index contributed by atoms with van der Waals surface area (Å²) in [6, 6.07) is 0. The molecule has 12 heavy (non-hydrogen) atoms. The molecular weight excluding hydrogens is 158 g/mol. The maximum Gasteiger partial charge on any atom is 0.216 e. The van der Waals surface area contributed by atoms with Crippen LogP contribution >= 0.6 is 0 Å². The summed E-state index contributed by atoms with van der Waals surface area (Å²) in [7, 11) is 1.66. The summed E-state index contributed by atoms with van der Waals surface area (Å²) in [5, 5.41) is 2.64. The van der Waals surface area contributed by atoms with Gasteiger partial charge in [-0.05, 0) is 6.42 Å². The monoisotopic (exact) mass is 175 g/mol. The van der Waals surface area contributed by atoms with Crippen LogP contribution in [-0.4, -0.2) is 39.4 Å². The molecule has 0 aliphatic rings. The molecule has 0 spiro atoms. The first-order valence-electron chi connectivity index (χ1n) is 4.08. The van der Waals surface area contributed by atoms with Crippen molar-refractivity contribution < 1.29 is 14.3 Å². The van der Waals surface area contributed by atoms with Crippen LogP contribution in [-0.2, 0) is 14.3 Å². The summed E-state index contributed by atoms with van der Waals surface area (Å²) >= 11 is 0. The summed E-state index contributed by atoms with van der Waals surface area (Å²) in [5.74, 6) is -0.0181. The Bertz CT molecular complexity index is 117. The molecule has 4 heteroatoms. The number of methoxy groups -OCH3 is 1. The maximum atomic E-state index is 10.4. The lowest BCUT2D eigenvalue weighted by Gasteiger charge is -2.03. The number of amides is 1. The van der Waals surface area contributed by atoms with Gasteiger partial charge in [0.05, 0.1) is 6.61 Å². The Labute approximate surface area is 73.2 Å². The van der Waals surface area contributed by atoms with Crippen molar-refractivity contribution in [3.63, 3.8) is 0 Å². The molecular formula is C8H17NO3. The lowest BCUT2D eigenvalue weighted by Crippen LogP contribution is -2.24. The fourth-order valence-electron chi connectivity index (χ4n) is 0.707. The van der Waals surface area contributed by atoms with Crippen LogP contribution < -0.4 is 5.32 Å². The second kappa shape index (κ2) is 8.49. The van der Waals surface area contributed by atoms with Crippen LogP contribution in [0, 0.1) is 0 Å². The SMILES string of the molecule is COCCCOCCNC(C)=O. The van der Waals surface area contributed by atoms with E-state index in [1.807, 2.05) is 0 Å². The smallest absolute Gasteiger partial charge is 0.216 e. The van der Waals surface area contributed by atoms with Crippen LogP contribution in [0.5, 0.6) is 0 Å². The molecule has 0 fully saturated rings. The topological polar surface area (TPSA) is 47.6 Å². The van der Waals surface area contributed by atoms with E-state index in [-0.39, 0.29) is 5.91 Å². The molecule has 1 N–H and O–H groups in total. The highest BCUT2D eigenvalue weighted by Crippen LogP contribution is 1.82. The van der Waals surface area contributed by atoms with Crippen LogP contribution in [0.4, 0.5) is 0 Å². The van der Waals surface area contributed by atoms with Crippen LogP contribution in [0.15, 0.2) is 0 Å². The first-order chi connectivity index (χ1) is 5.77. The second-order valence-corrected chi connectivity index (χ2v) is 2.44. The quantitative estimate of drug-likeness (QED) is 0.561. The number of carbonyl (C=O) groups is 1. The van der Waals surface area contributed by atoms with Crippen molar-refractivity contribution in [2.24, 2.45) is 0 Å². The van der Waals surface area contributed by atoms with Crippen molar-refractivity contribution in [1.29, 1.82) is 0 Å². The molecule has 0 aliphatic heterocycles. The van der Waals surface area contributed by atoms with Crippen molar-refractivity contribution in [2.75, 3.05) is 33.5 Å². The third-order valence-corrected chi connectivity index (χ3v) is 1.26. The normalized spacial score (nSPS) is 9.83. The zero-order chi connectivity index (χ0) is 9.23. The van der Waals surface area contributed by atoms with Crippen molar-refractivity contribution >= 4 is 5.91 Å². The molecule has 0 radical (unpaired) electrons. The zero-order valence-electron chi connectivity index (χ0n) is 7.76.